The molecule has 1 rings (SSSR count). The van der Waals surface area contributed by atoms with Crippen molar-refractivity contribution in [3.05, 3.63) is 35.4 Å². The molecule has 2 N–H and O–H groups in total. The summed E-state index contributed by atoms with van der Waals surface area (Å²) in [5.41, 5.74) is 2.67. The largest absolute Gasteiger partial charge is 0.389 e. The number of hydrogen-bond donors (Lipinski definition) is 2. The fourth-order valence-corrected chi connectivity index (χ4v) is 1.83. The second-order valence-corrected chi connectivity index (χ2v) is 4.55. The number of aryl methyl sites for hydroxylation is 1. The summed E-state index contributed by atoms with van der Waals surface area (Å²) in [6, 6.07) is 8.75. The van der Waals surface area contributed by atoms with Crippen LogP contribution in [0.5, 0.6) is 0 Å². The number of nitrogens with one attached hydrogen (secondary N) is 1. The number of aliphatic hydroxyl groups is 1. The van der Waals surface area contributed by atoms with E-state index in [0.29, 0.717) is 19.2 Å². The van der Waals surface area contributed by atoms with E-state index in [0.717, 1.165) is 6.42 Å². The number of hydrogen-bond acceptors (Lipinski definition) is 3. The number of ether oxygens (including phenoxy) is 1. The molecular weight excluding hydrogens is 214 g/mol. The molecule has 0 bridgehead atoms. The van der Waals surface area contributed by atoms with Gasteiger partial charge in [-0.15, -0.1) is 0 Å². The van der Waals surface area contributed by atoms with Crippen LogP contribution < -0.4 is 5.32 Å². The van der Waals surface area contributed by atoms with E-state index in [1.165, 1.54) is 11.1 Å². The van der Waals surface area contributed by atoms with Gasteiger partial charge in [0.1, 0.15) is 0 Å². The van der Waals surface area contributed by atoms with E-state index in [2.05, 4.69) is 43.4 Å². The Morgan fingerprint density at radius 2 is 2.06 bits per heavy atom. The predicted octanol–water partition coefficient (Wildman–Crippen LogP) is 1.52. The molecule has 0 fully saturated rings. The van der Waals surface area contributed by atoms with Crippen LogP contribution in [0, 0.1) is 6.92 Å². The molecule has 0 aliphatic heterocycles. The van der Waals surface area contributed by atoms with Crippen molar-refractivity contribution in [3.8, 4) is 0 Å². The molecule has 0 aliphatic carbocycles. The van der Waals surface area contributed by atoms with Crippen molar-refractivity contribution in [1.82, 2.24) is 5.32 Å². The van der Waals surface area contributed by atoms with Gasteiger partial charge in [-0.3, -0.25) is 0 Å². The molecular formula is C14H23NO2. The van der Waals surface area contributed by atoms with Gasteiger partial charge in [0, 0.05) is 19.7 Å². The minimum Gasteiger partial charge on any atom is -0.389 e. The lowest BCUT2D eigenvalue weighted by Gasteiger charge is -2.17. The first-order valence-electron chi connectivity index (χ1n) is 6.08. The Hall–Kier alpha value is -0.900. The molecule has 0 aliphatic rings. The van der Waals surface area contributed by atoms with E-state index in [1.54, 1.807) is 7.11 Å². The maximum atomic E-state index is 9.53. The normalized spacial score (nSPS) is 14.6. The summed E-state index contributed by atoms with van der Waals surface area (Å²) in [6.07, 6.45) is 0.547. The third-order valence-electron chi connectivity index (χ3n) is 2.85. The van der Waals surface area contributed by atoms with Crippen LogP contribution in [0.3, 0.4) is 0 Å². The van der Waals surface area contributed by atoms with E-state index in [9.17, 15) is 5.11 Å². The minimum absolute atomic E-state index is 0.350. The topological polar surface area (TPSA) is 41.5 Å². The van der Waals surface area contributed by atoms with Gasteiger partial charge in [0.25, 0.3) is 0 Å². The van der Waals surface area contributed by atoms with Crippen molar-refractivity contribution in [2.75, 3.05) is 20.3 Å². The highest BCUT2D eigenvalue weighted by Gasteiger charge is 2.08. The van der Waals surface area contributed by atoms with Gasteiger partial charge < -0.3 is 15.2 Å². The van der Waals surface area contributed by atoms with Crippen molar-refractivity contribution < 1.29 is 9.84 Å². The van der Waals surface area contributed by atoms with Gasteiger partial charge in [0.05, 0.1) is 12.7 Å². The highest BCUT2D eigenvalue weighted by Crippen LogP contribution is 2.09. The molecule has 2 atom stereocenters. The first-order valence-corrected chi connectivity index (χ1v) is 6.08. The summed E-state index contributed by atoms with van der Waals surface area (Å²) in [7, 11) is 1.60. The van der Waals surface area contributed by atoms with Crippen LogP contribution in [0.2, 0.25) is 0 Å². The number of rotatable bonds is 7. The average molecular weight is 237 g/mol. The molecule has 0 spiro atoms. The Kier molecular flexibility index (Phi) is 6.19. The highest BCUT2D eigenvalue weighted by molar-refractivity contribution is 5.26. The van der Waals surface area contributed by atoms with E-state index in [1.807, 2.05) is 0 Å². The first kappa shape index (κ1) is 14.2. The van der Waals surface area contributed by atoms with Gasteiger partial charge in [0.15, 0.2) is 0 Å². The zero-order valence-electron chi connectivity index (χ0n) is 10.9. The van der Waals surface area contributed by atoms with E-state index < -0.39 is 6.10 Å². The van der Waals surface area contributed by atoms with Crippen LogP contribution >= 0.6 is 0 Å². The molecule has 0 radical (unpaired) electrons. The fourth-order valence-electron chi connectivity index (χ4n) is 1.83. The minimum atomic E-state index is -0.431. The lowest BCUT2D eigenvalue weighted by atomic mass is 10.0. The van der Waals surface area contributed by atoms with Crippen molar-refractivity contribution in [1.29, 1.82) is 0 Å². The smallest absolute Gasteiger partial charge is 0.0897 e. The number of methoxy groups -OCH3 is 1. The lowest BCUT2D eigenvalue weighted by molar-refractivity contribution is 0.0631. The molecule has 3 heteroatoms. The Morgan fingerprint density at radius 3 is 2.71 bits per heavy atom. The zero-order chi connectivity index (χ0) is 12.7. The monoisotopic (exact) mass is 237 g/mol. The molecule has 0 amide bonds. The fraction of sp³-hybridized carbons (Fsp3) is 0.571. The molecule has 0 saturated carbocycles. The Balaban J connectivity index is 2.34. The van der Waals surface area contributed by atoms with Crippen molar-refractivity contribution in [2.24, 2.45) is 0 Å². The van der Waals surface area contributed by atoms with Crippen LogP contribution in [-0.4, -0.2) is 37.5 Å². The van der Waals surface area contributed by atoms with Crippen molar-refractivity contribution >= 4 is 0 Å². The van der Waals surface area contributed by atoms with Gasteiger partial charge >= 0.3 is 0 Å². The Morgan fingerprint density at radius 1 is 1.35 bits per heavy atom. The summed E-state index contributed by atoms with van der Waals surface area (Å²) < 4.78 is 4.88. The maximum absolute atomic E-state index is 9.53. The Bertz CT molecular complexity index is 328. The molecule has 3 nitrogen and oxygen atoms in total. The summed E-state index contributed by atoms with van der Waals surface area (Å²) in [6.45, 7) is 5.21. The molecule has 0 aromatic heterocycles. The van der Waals surface area contributed by atoms with E-state index >= 15 is 0 Å². The van der Waals surface area contributed by atoms with Gasteiger partial charge in [-0.05, 0) is 31.4 Å². The Labute approximate surface area is 104 Å². The SMILES string of the molecule is COC[C@@H](O)CN[C@H](C)Cc1ccccc1C. The first-order chi connectivity index (χ1) is 8.13. The standard InChI is InChI=1S/C14H23NO2/c1-11-6-4-5-7-13(11)8-12(2)15-9-14(16)10-17-3/h4-7,12,14-16H,8-10H2,1-3H3/t12-,14+/m1/s1. The molecule has 1 aromatic rings. The summed E-state index contributed by atoms with van der Waals surface area (Å²) in [5.74, 6) is 0. The average Bonchev–Trinajstić information content (AvgIpc) is 2.30. The zero-order valence-corrected chi connectivity index (χ0v) is 10.9. The molecule has 0 heterocycles. The molecule has 17 heavy (non-hydrogen) atoms. The van der Waals surface area contributed by atoms with Crippen LogP contribution in [0.25, 0.3) is 0 Å². The molecule has 0 saturated heterocycles. The maximum Gasteiger partial charge on any atom is 0.0897 e. The number of aliphatic hydroxyl groups excluding tert-OH is 1. The molecule has 0 unspecified atom stereocenters. The van der Waals surface area contributed by atoms with Crippen LogP contribution in [-0.2, 0) is 11.2 Å². The third-order valence-corrected chi connectivity index (χ3v) is 2.85. The van der Waals surface area contributed by atoms with E-state index in [-0.39, 0.29) is 0 Å². The lowest BCUT2D eigenvalue weighted by Crippen LogP contribution is -2.36. The summed E-state index contributed by atoms with van der Waals surface area (Å²) in [4.78, 5) is 0. The van der Waals surface area contributed by atoms with Gasteiger partial charge in [-0.25, -0.2) is 0 Å². The third kappa shape index (κ3) is 5.31. The van der Waals surface area contributed by atoms with Crippen LogP contribution in [0.4, 0.5) is 0 Å². The number of benzene rings is 1. The molecule has 96 valence electrons. The summed E-state index contributed by atoms with van der Waals surface area (Å²) in [5, 5.41) is 12.8. The predicted molar refractivity (Wildman–Crippen MR) is 70.2 cm³/mol. The van der Waals surface area contributed by atoms with Crippen LogP contribution in [0.1, 0.15) is 18.1 Å². The van der Waals surface area contributed by atoms with Crippen molar-refractivity contribution in [3.63, 3.8) is 0 Å². The van der Waals surface area contributed by atoms with Crippen molar-refractivity contribution in [2.45, 2.75) is 32.4 Å². The second-order valence-electron chi connectivity index (χ2n) is 4.55. The van der Waals surface area contributed by atoms with Gasteiger partial charge in [-0.1, -0.05) is 24.3 Å². The van der Waals surface area contributed by atoms with Gasteiger partial charge in [0.2, 0.25) is 0 Å². The highest BCUT2D eigenvalue weighted by atomic mass is 16.5. The van der Waals surface area contributed by atoms with E-state index in [4.69, 9.17) is 4.74 Å². The summed E-state index contributed by atoms with van der Waals surface area (Å²) >= 11 is 0. The quantitative estimate of drug-likeness (QED) is 0.755. The van der Waals surface area contributed by atoms with Crippen LogP contribution in [0.15, 0.2) is 24.3 Å². The van der Waals surface area contributed by atoms with Gasteiger partial charge in [-0.2, -0.15) is 0 Å². The second kappa shape index (κ2) is 7.43. The molecule has 1 aromatic carbocycles.